The van der Waals surface area contributed by atoms with Gasteiger partial charge >= 0.3 is 12.1 Å². The number of aliphatic carboxylic acids is 1. The lowest BCUT2D eigenvalue weighted by Gasteiger charge is -2.21. The van der Waals surface area contributed by atoms with E-state index < -0.39 is 42.5 Å². The molecule has 5 nitrogen and oxygen atoms in total. The quantitative estimate of drug-likeness (QED) is 0.844. The molecule has 1 heterocycles. The lowest BCUT2D eigenvalue weighted by atomic mass is 10.2. The molecule has 0 aliphatic heterocycles. The maximum atomic E-state index is 12.8. The standard InChI is InChI=1S/C10H8F4N2O3/c11-7-1-6(2-15-3-7)9(19)16(4-8(17)18)5-10(12,13)14/h1-3H,4-5H2,(H,17,18). The summed E-state index contributed by atoms with van der Waals surface area (Å²) in [5.41, 5.74) is -0.453. The SMILES string of the molecule is O=C(O)CN(CC(F)(F)F)C(=O)c1cncc(F)c1. The van der Waals surface area contributed by atoms with Crippen molar-refractivity contribution in [1.82, 2.24) is 9.88 Å². The van der Waals surface area contributed by atoms with Crippen LogP contribution in [0.5, 0.6) is 0 Å². The molecule has 0 saturated heterocycles. The van der Waals surface area contributed by atoms with E-state index in [4.69, 9.17) is 5.11 Å². The Kier molecular flexibility index (Phi) is 4.41. The van der Waals surface area contributed by atoms with Crippen molar-refractivity contribution in [3.63, 3.8) is 0 Å². The first-order valence-corrected chi connectivity index (χ1v) is 4.87. The summed E-state index contributed by atoms with van der Waals surface area (Å²) in [6, 6.07) is 0.681. The lowest BCUT2D eigenvalue weighted by molar-refractivity contribution is -0.149. The fourth-order valence-corrected chi connectivity index (χ4v) is 1.29. The number of carbonyl (C=O) groups is 2. The summed E-state index contributed by atoms with van der Waals surface area (Å²) < 4.78 is 49.5. The number of amides is 1. The summed E-state index contributed by atoms with van der Waals surface area (Å²) in [4.78, 5) is 25.5. The van der Waals surface area contributed by atoms with Gasteiger partial charge in [-0.3, -0.25) is 14.6 Å². The van der Waals surface area contributed by atoms with E-state index >= 15 is 0 Å². The van der Waals surface area contributed by atoms with Crippen molar-refractivity contribution in [3.8, 4) is 0 Å². The lowest BCUT2D eigenvalue weighted by Crippen LogP contribution is -2.42. The smallest absolute Gasteiger partial charge is 0.406 e. The van der Waals surface area contributed by atoms with Crippen molar-refractivity contribution >= 4 is 11.9 Å². The highest BCUT2D eigenvalue weighted by molar-refractivity contribution is 5.95. The van der Waals surface area contributed by atoms with Gasteiger partial charge in [0, 0.05) is 6.20 Å². The highest BCUT2D eigenvalue weighted by Gasteiger charge is 2.34. The second kappa shape index (κ2) is 5.63. The second-order valence-electron chi connectivity index (χ2n) is 3.56. The summed E-state index contributed by atoms with van der Waals surface area (Å²) in [7, 11) is 0. The molecule has 0 bridgehead atoms. The molecule has 104 valence electrons. The largest absolute Gasteiger partial charge is 0.480 e. The first-order chi connectivity index (χ1) is 8.69. The molecule has 0 fully saturated rings. The van der Waals surface area contributed by atoms with Gasteiger partial charge in [0.15, 0.2) is 0 Å². The number of carboxylic acid groups (broad SMARTS) is 1. The summed E-state index contributed by atoms with van der Waals surface area (Å²) >= 11 is 0. The molecule has 19 heavy (non-hydrogen) atoms. The second-order valence-corrected chi connectivity index (χ2v) is 3.56. The molecule has 0 radical (unpaired) electrons. The Bertz CT molecular complexity index is 490. The minimum Gasteiger partial charge on any atom is -0.480 e. The average Bonchev–Trinajstić information content (AvgIpc) is 2.24. The molecule has 0 aromatic carbocycles. The van der Waals surface area contributed by atoms with E-state index in [0.29, 0.717) is 6.07 Å². The monoisotopic (exact) mass is 280 g/mol. The van der Waals surface area contributed by atoms with E-state index in [2.05, 4.69) is 4.98 Å². The minimum absolute atomic E-state index is 0.0544. The van der Waals surface area contributed by atoms with Crippen LogP contribution in [0.1, 0.15) is 10.4 Å². The number of carbonyl (C=O) groups excluding carboxylic acids is 1. The zero-order chi connectivity index (χ0) is 14.6. The van der Waals surface area contributed by atoms with Gasteiger partial charge in [0.2, 0.25) is 0 Å². The van der Waals surface area contributed by atoms with Gasteiger partial charge in [-0.25, -0.2) is 4.39 Å². The van der Waals surface area contributed by atoms with Crippen molar-refractivity contribution in [2.75, 3.05) is 13.1 Å². The Balaban J connectivity index is 2.97. The molecule has 1 amide bonds. The molecule has 0 aliphatic carbocycles. The molecule has 0 saturated carbocycles. The number of pyridine rings is 1. The first kappa shape index (κ1) is 14.9. The number of hydrogen-bond acceptors (Lipinski definition) is 3. The Morgan fingerprint density at radius 2 is 1.95 bits per heavy atom. The summed E-state index contributed by atoms with van der Waals surface area (Å²) in [5, 5.41) is 8.48. The van der Waals surface area contributed by atoms with E-state index in [-0.39, 0.29) is 4.90 Å². The van der Waals surface area contributed by atoms with Crippen LogP contribution in [0.25, 0.3) is 0 Å². The third-order valence-electron chi connectivity index (χ3n) is 1.94. The number of carboxylic acids is 1. The molecule has 1 aromatic heterocycles. The number of halogens is 4. The third-order valence-corrected chi connectivity index (χ3v) is 1.94. The summed E-state index contributed by atoms with van der Waals surface area (Å²) in [6.45, 7) is -2.89. The molecule has 0 unspecified atom stereocenters. The maximum absolute atomic E-state index is 12.8. The van der Waals surface area contributed by atoms with Crippen LogP contribution >= 0.6 is 0 Å². The first-order valence-electron chi connectivity index (χ1n) is 4.87. The van der Waals surface area contributed by atoms with Crippen molar-refractivity contribution in [2.45, 2.75) is 6.18 Å². The maximum Gasteiger partial charge on any atom is 0.406 e. The van der Waals surface area contributed by atoms with Gasteiger partial charge in [-0.1, -0.05) is 0 Å². The zero-order valence-electron chi connectivity index (χ0n) is 9.32. The van der Waals surface area contributed by atoms with Crippen molar-refractivity contribution in [2.24, 2.45) is 0 Å². The van der Waals surface area contributed by atoms with Gasteiger partial charge in [0.25, 0.3) is 5.91 Å². The van der Waals surface area contributed by atoms with Gasteiger partial charge in [-0.15, -0.1) is 0 Å². The van der Waals surface area contributed by atoms with Gasteiger partial charge < -0.3 is 10.0 Å². The van der Waals surface area contributed by atoms with Gasteiger partial charge in [0.1, 0.15) is 18.9 Å². The van der Waals surface area contributed by atoms with E-state index in [1.807, 2.05) is 0 Å². The van der Waals surface area contributed by atoms with E-state index in [0.717, 1.165) is 12.4 Å². The Morgan fingerprint density at radius 1 is 1.32 bits per heavy atom. The third kappa shape index (κ3) is 4.90. The minimum atomic E-state index is -4.76. The van der Waals surface area contributed by atoms with E-state index in [9.17, 15) is 27.2 Å². The van der Waals surface area contributed by atoms with Crippen LogP contribution in [0.2, 0.25) is 0 Å². The van der Waals surface area contributed by atoms with E-state index in [1.165, 1.54) is 0 Å². The van der Waals surface area contributed by atoms with Crippen LogP contribution in [0.3, 0.4) is 0 Å². The molecule has 0 atom stereocenters. The number of aromatic nitrogens is 1. The average molecular weight is 280 g/mol. The van der Waals surface area contributed by atoms with Crippen molar-refractivity contribution in [3.05, 3.63) is 29.8 Å². The van der Waals surface area contributed by atoms with Gasteiger partial charge in [-0.05, 0) is 6.07 Å². The Labute approximate surface area is 104 Å². The van der Waals surface area contributed by atoms with Crippen LogP contribution < -0.4 is 0 Å². The van der Waals surface area contributed by atoms with E-state index in [1.54, 1.807) is 0 Å². The van der Waals surface area contributed by atoms with Crippen LogP contribution in [0.15, 0.2) is 18.5 Å². The zero-order valence-corrected chi connectivity index (χ0v) is 9.32. The molecule has 1 rings (SSSR count). The molecular weight excluding hydrogens is 272 g/mol. The molecule has 1 aromatic rings. The van der Waals surface area contributed by atoms with Crippen LogP contribution in [-0.4, -0.2) is 46.1 Å². The Hall–Kier alpha value is -2.19. The highest BCUT2D eigenvalue weighted by Crippen LogP contribution is 2.18. The normalized spacial score (nSPS) is 11.2. The molecule has 0 spiro atoms. The number of rotatable bonds is 4. The number of hydrogen-bond donors (Lipinski definition) is 1. The predicted octanol–water partition coefficient (Wildman–Crippen LogP) is 1.31. The van der Waals surface area contributed by atoms with Crippen molar-refractivity contribution < 1.29 is 32.3 Å². The fourth-order valence-electron chi connectivity index (χ4n) is 1.29. The van der Waals surface area contributed by atoms with Crippen molar-refractivity contribution in [1.29, 1.82) is 0 Å². The van der Waals surface area contributed by atoms with Gasteiger partial charge in [-0.2, -0.15) is 13.2 Å². The molecule has 0 aliphatic rings. The number of nitrogens with zero attached hydrogens (tertiary/aromatic N) is 2. The van der Waals surface area contributed by atoms with Crippen LogP contribution in [0, 0.1) is 5.82 Å². The summed E-state index contributed by atoms with van der Waals surface area (Å²) in [6.07, 6.45) is -3.13. The van der Waals surface area contributed by atoms with Crippen LogP contribution in [-0.2, 0) is 4.79 Å². The molecular formula is C10H8F4N2O3. The Morgan fingerprint density at radius 3 is 2.42 bits per heavy atom. The molecule has 9 heteroatoms. The fraction of sp³-hybridized carbons (Fsp3) is 0.300. The topological polar surface area (TPSA) is 70.5 Å². The predicted molar refractivity (Wildman–Crippen MR) is 53.8 cm³/mol. The van der Waals surface area contributed by atoms with Crippen LogP contribution in [0.4, 0.5) is 17.6 Å². The summed E-state index contributed by atoms with van der Waals surface area (Å²) in [5.74, 6) is -3.78. The van der Waals surface area contributed by atoms with Gasteiger partial charge in [0.05, 0.1) is 11.8 Å². The highest BCUT2D eigenvalue weighted by atomic mass is 19.4. The number of alkyl halides is 3. The molecule has 1 N–H and O–H groups in total.